The number of hydrazine groups is 1. The predicted molar refractivity (Wildman–Crippen MR) is 69.4 cm³/mol. The van der Waals surface area contributed by atoms with Crippen LogP contribution in [0.15, 0.2) is 42.6 Å². The van der Waals surface area contributed by atoms with Crippen molar-refractivity contribution in [1.82, 2.24) is 10.4 Å². The summed E-state index contributed by atoms with van der Waals surface area (Å²) in [5, 5.41) is 0. The normalized spacial score (nSPS) is 13.2. The van der Waals surface area contributed by atoms with Gasteiger partial charge in [0.05, 0.1) is 17.3 Å². The molecule has 0 spiro atoms. The zero-order valence-electron chi connectivity index (χ0n) is 10.9. The van der Waals surface area contributed by atoms with E-state index in [9.17, 15) is 17.6 Å². The molecule has 0 saturated heterocycles. The number of nitrogens with two attached hydrogens (primary N) is 1. The Labute approximate surface area is 118 Å². The second-order valence-electron chi connectivity index (χ2n) is 4.52. The number of nitrogens with one attached hydrogen (secondary N) is 1. The van der Waals surface area contributed by atoms with E-state index in [1.165, 1.54) is 18.2 Å². The molecule has 2 aromatic rings. The summed E-state index contributed by atoms with van der Waals surface area (Å²) in [5.41, 5.74) is 2.86. The van der Waals surface area contributed by atoms with E-state index < -0.39 is 17.8 Å². The largest absolute Gasteiger partial charge is 0.417 e. The van der Waals surface area contributed by atoms with Gasteiger partial charge in [-0.15, -0.1) is 0 Å². The van der Waals surface area contributed by atoms with Crippen LogP contribution < -0.4 is 11.3 Å². The van der Waals surface area contributed by atoms with E-state index in [-0.39, 0.29) is 5.82 Å². The number of aromatic nitrogens is 1. The fraction of sp³-hybridized carbons (Fsp3) is 0.214. The maximum absolute atomic E-state index is 12.8. The molecule has 0 aliphatic rings. The van der Waals surface area contributed by atoms with Crippen LogP contribution in [0.1, 0.15) is 22.9 Å². The number of rotatable bonds is 4. The fourth-order valence-electron chi connectivity index (χ4n) is 1.88. The third kappa shape index (κ3) is 3.99. The lowest BCUT2D eigenvalue weighted by atomic mass is 10.0. The Hall–Kier alpha value is -1.99. The Bertz CT molecular complexity index is 579. The lowest BCUT2D eigenvalue weighted by Crippen LogP contribution is -2.30. The molecule has 0 fully saturated rings. The summed E-state index contributed by atoms with van der Waals surface area (Å²) in [6.07, 6.45) is -3.27. The van der Waals surface area contributed by atoms with Gasteiger partial charge in [0.2, 0.25) is 0 Å². The van der Waals surface area contributed by atoms with E-state index in [2.05, 4.69) is 10.4 Å². The summed E-state index contributed by atoms with van der Waals surface area (Å²) >= 11 is 0. The number of nitrogens with zero attached hydrogens (tertiary/aromatic N) is 1. The maximum Gasteiger partial charge on any atom is 0.417 e. The number of hydrogen-bond acceptors (Lipinski definition) is 3. The van der Waals surface area contributed by atoms with Crippen LogP contribution in [-0.4, -0.2) is 4.98 Å². The number of pyridine rings is 1. The molecule has 0 saturated carbocycles. The first-order chi connectivity index (χ1) is 9.90. The van der Waals surface area contributed by atoms with Gasteiger partial charge in [-0.2, -0.15) is 13.2 Å². The number of alkyl halides is 3. The summed E-state index contributed by atoms with van der Waals surface area (Å²) in [5.74, 6) is 5.06. The van der Waals surface area contributed by atoms with Crippen molar-refractivity contribution in [2.45, 2.75) is 18.6 Å². The standard InChI is InChI=1S/C14H13F4N3/c15-11-4-1-9(2-5-11)7-13(21-19)12-6-3-10(8-20-12)14(16,17)18/h1-6,8,13,21H,7,19H2. The highest BCUT2D eigenvalue weighted by atomic mass is 19.4. The van der Waals surface area contributed by atoms with Gasteiger partial charge in [-0.25, -0.2) is 4.39 Å². The van der Waals surface area contributed by atoms with Crippen LogP contribution in [0.3, 0.4) is 0 Å². The predicted octanol–water partition coefficient (Wildman–Crippen LogP) is 2.99. The molecule has 1 atom stereocenters. The minimum absolute atomic E-state index is 0.358. The SMILES string of the molecule is NNC(Cc1ccc(F)cc1)c1ccc(C(F)(F)F)cn1. The molecule has 1 aromatic heterocycles. The minimum atomic E-state index is -4.42. The van der Waals surface area contributed by atoms with Gasteiger partial charge in [-0.05, 0) is 36.2 Å². The van der Waals surface area contributed by atoms with Crippen molar-refractivity contribution >= 4 is 0 Å². The molecule has 0 bridgehead atoms. The van der Waals surface area contributed by atoms with Gasteiger partial charge in [-0.3, -0.25) is 16.3 Å². The molecule has 0 amide bonds. The molecule has 1 aromatic carbocycles. The second-order valence-corrected chi connectivity index (χ2v) is 4.52. The van der Waals surface area contributed by atoms with E-state index >= 15 is 0 Å². The van der Waals surface area contributed by atoms with Gasteiger partial charge in [0.1, 0.15) is 5.82 Å². The van der Waals surface area contributed by atoms with Crippen molar-refractivity contribution in [3.63, 3.8) is 0 Å². The molecule has 112 valence electrons. The van der Waals surface area contributed by atoms with Crippen LogP contribution >= 0.6 is 0 Å². The minimum Gasteiger partial charge on any atom is -0.271 e. The van der Waals surface area contributed by atoms with E-state index in [0.29, 0.717) is 12.1 Å². The molecule has 2 rings (SSSR count). The summed E-state index contributed by atoms with van der Waals surface area (Å²) in [6, 6.07) is 7.56. The van der Waals surface area contributed by atoms with Gasteiger partial charge < -0.3 is 0 Å². The van der Waals surface area contributed by atoms with Gasteiger partial charge in [0.15, 0.2) is 0 Å². The Morgan fingerprint density at radius 2 is 1.76 bits per heavy atom. The van der Waals surface area contributed by atoms with Crippen molar-refractivity contribution in [3.8, 4) is 0 Å². The molecule has 7 heteroatoms. The molecule has 3 nitrogen and oxygen atoms in total. The number of hydrogen-bond donors (Lipinski definition) is 2. The molecule has 21 heavy (non-hydrogen) atoms. The first kappa shape index (κ1) is 15.4. The Balaban J connectivity index is 2.15. The van der Waals surface area contributed by atoms with Gasteiger partial charge in [-0.1, -0.05) is 12.1 Å². The second kappa shape index (κ2) is 6.19. The lowest BCUT2D eigenvalue weighted by molar-refractivity contribution is -0.137. The topological polar surface area (TPSA) is 50.9 Å². The van der Waals surface area contributed by atoms with Crippen LogP contribution in [0, 0.1) is 5.82 Å². The molecule has 1 heterocycles. The third-order valence-corrected chi connectivity index (χ3v) is 3.02. The summed E-state index contributed by atoms with van der Waals surface area (Å²) in [4.78, 5) is 3.79. The lowest BCUT2D eigenvalue weighted by Gasteiger charge is -2.16. The summed E-state index contributed by atoms with van der Waals surface area (Å²) < 4.78 is 50.2. The van der Waals surface area contributed by atoms with Gasteiger partial charge in [0, 0.05) is 6.20 Å². The molecular formula is C14H13F4N3. The first-order valence-corrected chi connectivity index (χ1v) is 6.14. The van der Waals surface area contributed by atoms with Crippen LogP contribution in [0.2, 0.25) is 0 Å². The average Bonchev–Trinajstić information content (AvgIpc) is 2.46. The number of benzene rings is 1. The first-order valence-electron chi connectivity index (χ1n) is 6.14. The van der Waals surface area contributed by atoms with Crippen molar-refractivity contribution in [2.75, 3.05) is 0 Å². The Kier molecular flexibility index (Phi) is 4.54. The fourth-order valence-corrected chi connectivity index (χ4v) is 1.88. The van der Waals surface area contributed by atoms with Crippen molar-refractivity contribution in [2.24, 2.45) is 5.84 Å². The summed E-state index contributed by atoms with van der Waals surface area (Å²) in [6.45, 7) is 0. The van der Waals surface area contributed by atoms with Crippen molar-refractivity contribution in [1.29, 1.82) is 0 Å². The zero-order chi connectivity index (χ0) is 15.5. The monoisotopic (exact) mass is 299 g/mol. The smallest absolute Gasteiger partial charge is 0.271 e. The zero-order valence-corrected chi connectivity index (χ0v) is 10.9. The molecule has 0 radical (unpaired) electrons. The van der Waals surface area contributed by atoms with Crippen LogP contribution in [0.5, 0.6) is 0 Å². The van der Waals surface area contributed by atoms with E-state index in [1.54, 1.807) is 12.1 Å². The molecule has 1 unspecified atom stereocenters. The van der Waals surface area contributed by atoms with Gasteiger partial charge in [0.25, 0.3) is 0 Å². The molecule has 3 N–H and O–H groups in total. The summed E-state index contributed by atoms with van der Waals surface area (Å²) in [7, 11) is 0. The van der Waals surface area contributed by atoms with Crippen LogP contribution in [-0.2, 0) is 12.6 Å². The van der Waals surface area contributed by atoms with E-state index in [1.807, 2.05) is 0 Å². The van der Waals surface area contributed by atoms with Crippen LogP contribution in [0.4, 0.5) is 17.6 Å². The number of halogens is 4. The highest BCUT2D eigenvalue weighted by Crippen LogP contribution is 2.29. The third-order valence-electron chi connectivity index (χ3n) is 3.02. The quantitative estimate of drug-likeness (QED) is 0.518. The van der Waals surface area contributed by atoms with E-state index in [0.717, 1.165) is 17.8 Å². The van der Waals surface area contributed by atoms with Crippen molar-refractivity contribution < 1.29 is 17.6 Å². The average molecular weight is 299 g/mol. The van der Waals surface area contributed by atoms with Crippen molar-refractivity contribution in [3.05, 3.63) is 65.2 Å². The highest BCUT2D eigenvalue weighted by Gasteiger charge is 2.30. The molecular weight excluding hydrogens is 286 g/mol. The highest BCUT2D eigenvalue weighted by molar-refractivity contribution is 5.22. The Morgan fingerprint density at radius 1 is 1.10 bits per heavy atom. The molecule has 0 aliphatic heterocycles. The van der Waals surface area contributed by atoms with Gasteiger partial charge >= 0.3 is 6.18 Å². The maximum atomic E-state index is 12.8. The Morgan fingerprint density at radius 3 is 2.24 bits per heavy atom. The molecule has 0 aliphatic carbocycles. The van der Waals surface area contributed by atoms with Crippen LogP contribution in [0.25, 0.3) is 0 Å². The van der Waals surface area contributed by atoms with E-state index in [4.69, 9.17) is 5.84 Å².